The number of carbonyl (C=O) groups is 2. The molecule has 1 fully saturated rings. The Hall–Kier alpha value is -3.12. The number of rotatable bonds is 9. The van der Waals surface area contributed by atoms with Gasteiger partial charge in [-0.05, 0) is 81.7 Å². The summed E-state index contributed by atoms with van der Waals surface area (Å²) >= 11 is 0. The predicted octanol–water partition coefficient (Wildman–Crippen LogP) is 4.89. The van der Waals surface area contributed by atoms with E-state index < -0.39 is 17.7 Å². The van der Waals surface area contributed by atoms with Crippen molar-refractivity contribution in [3.63, 3.8) is 0 Å². The number of ether oxygens (including phenoxy) is 1. The normalized spacial score (nSPS) is 17.8. The van der Waals surface area contributed by atoms with Gasteiger partial charge in [0.15, 0.2) is 0 Å². The van der Waals surface area contributed by atoms with Crippen LogP contribution in [0.15, 0.2) is 48.0 Å². The van der Waals surface area contributed by atoms with Crippen LogP contribution in [0.2, 0.25) is 0 Å². The van der Waals surface area contributed by atoms with Gasteiger partial charge in [0.2, 0.25) is 0 Å². The lowest BCUT2D eigenvalue weighted by molar-refractivity contribution is -0.139. The number of hydrogen-bond donors (Lipinski definition) is 1. The van der Waals surface area contributed by atoms with Gasteiger partial charge < -0.3 is 19.6 Å². The molecule has 1 amide bonds. The molecule has 0 bridgehead atoms. The average molecular weight is 465 g/mol. The first kappa shape index (κ1) is 25.5. The number of benzene rings is 2. The van der Waals surface area contributed by atoms with Crippen LogP contribution in [-0.2, 0) is 9.59 Å². The highest BCUT2D eigenvalue weighted by molar-refractivity contribution is 6.46. The first-order valence-corrected chi connectivity index (χ1v) is 11.9. The molecular formula is C28H36N2O4. The first-order valence-electron chi connectivity index (χ1n) is 11.9. The van der Waals surface area contributed by atoms with Gasteiger partial charge in [-0.2, -0.15) is 0 Å². The molecule has 2 aromatic carbocycles. The lowest BCUT2D eigenvalue weighted by atomic mass is 9.93. The van der Waals surface area contributed by atoms with Crippen LogP contribution in [0.3, 0.4) is 0 Å². The van der Waals surface area contributed by atoms with Crippen molar-refractivity contribution in [3.05, 3.63) is 70.3 Å². The molecule has 1 heterocycles. The Morgan fingerprint density at radius 3 is 2.35 bits per heavy atom. The minimum Gasteiger partial charge on any atom is -0.507 e. The molecule has 1 saturated heterocycles. The molecule has 6 heteroatoms. The maximum atomic E-state index is 13.2. The van der Waals surface area contributed by atoms with Gasteiger partial charge in [-0.15, -0.1) is 0 Å². The van der Waals surface area contributed by atoms with Crippen molar-refractivity contribution in [2.45, 2.75) is 46.1 Å². The summed E-state index contributed by atoms with van der Waals surface area (Å²) in [5.74, 6) is -0.276. The SMILES string of the molecule is CCOc1ccc(/C(O)=C2/C(=O)C(=O)N(CCCN(C)C)C2c2ccc(C(C)C)cc2)cc1C. The average Bonchev–Trinajstić information content (AvgIpc) is 3.05. The molecule has 0 radical (unpaired) electrons. The second-order valence-electron chi connectivity index (χ2n) is 9.38. The van der Waals surface area contributed by atoms with E-state index >= 15 is 0 Å². The van der Waals surface area contributed by atoms with Gasteiger partial charge in [-0.25, -0.2) is 0 Å². The Labute approximate surface area is 202 Å². The lowest BCUT2D eigenvalue weighted by Gasteiger charge is -2.26. The number of amides is 1. The summed E-state index contributed by atoms with van der Waals surface area (Å²) in [5, 5.41) is 11.3. The molecule has 0 saturated carbocycles. The maximum Gasteiger partial charge on any atom is 0.295 e. The second-order valence-corrected chi connectivity index (χ2v) is 9.38. The summed E-state index contributed by atoms with van der Waals surface area (Å²) in [6.07, 6.45) is 0.725. The van der Waals surface area contributed by atoms with Gasteiger partial charge in [0.25, 0.3) is 11.7 Å². The van der Waals surface area contributed by atoms with Crippen LogP contribution >= 0.6 is 0 Å². The third kappa shape index (κ3) is 5.33. The summed E-state index contributed by atoms with van der Waals surface area (Å²) in [6, 6.07) is 12.7. The highest BCUT2D eigenvalue weighted by Gasteiger charge is 2.45. The van der Waals surface area contributed by atoms with Crippen molar-refractivity contribution in [3.8, 4) is 5.75 Å². The lowest BCUT2D eigenvalue weighted by Crippen LogP contribution is -2.32. The van der Waals surface area contributed by atoms with Crippen LogP contribution in [-0.4, -0.2) is 60.4 Å². The Morgan fingerprint density at radius 1 is 1.12 bits per heavy atom. The molecular weight excluding hydrogens is 428 g/mol. The van der Waals surface area contributed by atoms with Crippen molar-refractivity contribution in [2.75, 3.05) is 33.8 Å². The zero-order valence-corrected chi connectivity index (χ0v) is 21.1. The van der Waals surface area contributed by atoms with E-state index in [2.05, 4.69) is 13.8 Å². The molecule has 0 aliphatic carbocycles. The Morgan fingerprint density at radius 2 is 1.79 bits per heavy atom. The van der Waals surface area contributed by atoms with E-state index in [1.165, 1.54) is 5.56 Å². The molecule has 2 aromatic rings. The number of ketones is 1. The highest BCUT2D eigenvalue weighted by atomic mass is 16.5. The van der Waals surface area contributed by atoms with Gasteiger partial charge in [0.1, 0.15) is 11.5 Å². The number of likely N-dealkylation sites (tertiary alicyclic amines) is 1. The Bertz CT molecular complexity index is 1070. The number of nitrogens with zero attached hydrogens (tertiary/aromatic N) is 2. The minimum absolute atomic E-state index is 0.135. The summed E-state index contributed by atoms with van der Waals surface area (Å²) < 4.78 is 5.61. The van der Waals surface area contributed by atoms with Crippen molar-refractivity contribution >= 4 is 17.4 Å². The molecule has 1 aliphatic rings. The zero-order valence-electron chi connectivity index (χ0n) is 21.1. The number of hydrogen-bond acceptors (Lipinski definition) is 5. The van der Waals surface area contributed by atoms with E-state index in [4.69, 9.17) is 4.74 Å². The smallest absolute Gasteiger partial charge is 0.295 e. The van der Waals surface area contributed by atoms with Crippen molar-refractivity contribution in [1.82, 2.24) is 9.80 Å². The van der Waals surface area contributed by atoms with Crippen LogP contribution in [0.4, 0.5) is 0 Å². The molecule has 6 nitrogen and oxygen atoms in total. The van der Waals surface area contributed by atoms with Gasteiger partial charge in [-0.1, -0.05) is 38.1 Å². The Kier molecular flexibility index (Phi) is 8.15. The molecule has 0 spiro atoms. The van der Waals surface area contributed by atoms with E-state index in [0.717, 1.165) is 29.8 Å². The minimum atomic E-state index is -0.646. The topological polar surface area (TPSA) is 70.1 Å². The largest absolute Gasteiger partial charge is 0.507 e. The van der Waals surface area contributed by atoms with E-state index in [-0.39, 0.29) is 11.3 Å². The Balaban J connectivity index is 2.09. The van der Waals surface area contributed by atoms with E-state index in [0.29, 0.717) is 24.6 Å². The van der Waals surface area contributed by atoms with Gasteiger partial charge >= 0.3 is 0 Å². The zero-order chi connectivity index (χ0) is 25.0. The van der Waals surface area contributed by atoms with Gasteiger partial charge in [0, 0.05) is 12.1 Å². The van der Waals surface area contributed by atoms with Gasteiger partial charge in [-0.3, -0.25) is 9.59 Å². The summed E-state index contributed by atoms with van der Waals surface area (Å²) in [5.41, 5.74) is 3.48. The predicted molar refractivity (Wildman–Crippen MR) is 135 cm³/mol. The molecule has 34 heavy (non-hydrogen) atoms. The van der Waals surface area contributed by atoms with Crippen LogP contribution in [0.5, 0.6) is 5.75 Å². The fraction of sp³-hybridized carbons (Fsp3) is 0.429. The monoisotopic (exact) mass is 464 g/mol. The first-order chi connectivity index (χ1) is 16.1. The molecule has 1 aliphatic heterocycles. The standard InChI is InChI=1S/C28H36N2O4/c1-7-34-23-14-13-22(17-19(23)4)26(31)24-25(21-11-9-20(10-12-21)18(2)3)30(28(33)27(24)32)16-8-15-29(5)6/h9-14,17-18,25,31H,7-8,15-16H2,1-6H3/b26-24-. The van der Waals surface area contributed by atoms with Crippen LogP contribution in [0, 0.1) is 6.92 Å². The van der Waals surface area contributed by atoms with Crippen molar-refractivity contribution < 1.29 is 19.4 Å². The summed E-state index contributed by atoms with van der Waals surface area (Å²) in [7, 11) is 3.95. The third-order valence-corrected chi connectivity index (χ3v) is 6.21. The van der Waals surface area contributed by atoms with Crippen LogP contribution < -0.4 is 4.74 Å². The number of aliphatic hydroxyl groups excluding tert-OH is 1. The number of aliphatic hydroxyl groups is 1. The van der Waals surface area contributed by atoms with E-state index in [1.807, 2.05) is 57.1 Å². The maximum absolute atomic E-state index is 13.2. The van der Waals surface area contributed by atoms with Crippen LogP contribution in [0.25, 0.3) is 5.76 Å². The van der Waals surface area contributed by atoms with Gasteiger partial charge in [0.05, 0.1) is 18.2 Å². The van der Waals surface area contributed by atoms with Crippen molar-refractivity contribution in [2.24, 2.45) is 0 Å². The summed E-state index contributed by atoms with van der Waals surface area (Å²) in [6.45, 7) is 9.81. The van der Waals surface area contributed by atoms with Crippen LogP contribution in [0.1, 0.15) is 61.4 Å². The molecule has 3 rings (SSSR count). The molecule has 1 N–H and O–H groups in total. The quantitative estimate of drug-likeness (QED) is 0.325. The van der Waals surface area contributed by atoms with Crippen molar-refractivity contribution in [1.29, 1.82) is 0 Å². The third-order valence-electron chi connectivity index (χ3n) is 6.21. The number of Topliss-reactive ketones (excluding diaryl/α,β-unsaturated/α-hetero) is 1. The fourth-order valence-electron chi connectivity index (χ4n) is 4.35. The molecule has 1 atom stereocenters. The molecule has 1 unspecified atom stereocenters. The number of aryl methyl sites for hydroxylation is 1. The molecule has 182 valence electrons. The number of carbonyl (C=O) groups excluding carboxylic acids is 2. The summed E-state index contributed by atoms with van der Waals surface area (Å²) in [4.78, 5) is 29.9. The van der Waals surface area contributed by atoms with E-state index in [9.17, 15) is 14.7 Å². The fourth-order valence-corrected chi connectivity index (χ4v) is 4.35. The molecule has 0 aromatic heterocycles. The van der Waals surface area contributed by atoms with E-state index in [1.54, 1.807) is 23.1 Å². The highest BCUT2D eigenvalue weighted by Crippen LogP contribution is 2.40. The second kappa shape index (κ2) is 10.9.